The standard InChI is InChI=1S/C17H20N2O4S2/c18-24(20,21)12-13-4-3-7-16(10-13)19-25(22,23)17-9-8-14-5-1-2-6-15(14)11-17/h3-4,7-11,19H,1-2,5-6,12H2,(H2,18,20,21). The van der Waals surface area contributed by atoms with E-state index in [0.29, 0.717) is 11.3 Å². The van der Waals surface area contributed by atoms with E-state index < -0.39 is 20.0 Å². The molecule has 0 spiro atoms. The van der Waals surface area contributed by atoms with Crippen LogP contribution in [-0.2, 0) is 38.6 Å². The average molecular weight is 380 g/mol. The fraction of sp³-hybridized carbons (Fsp3) is 0.294. The van der Waals surface area contributed by atoms with Gasteiger partial charge >= 0.3 is 0 Å². The van der Waals surface area contributed by atoms with Crippen molar-refractivity contribution in [3.63, 3.8) is 0 Å². The molecule has 0 amide bonds. The van der Waals surface area contributed by atoms with Crippen molar-refractivity contribution in [3.8, 4) is 0 Å². The minimum Gasteiger partial charge on any atom is -0.280 e. The van der Waals surface area contributed by atoms with Gasteiger partial charge in [-0.05, 0) is 66.6 Å². The second kappa shape index (κ2) is 6.78. The number of sulfonamides is 2. The highest BCUT2D eigenvalue weighted by Gasteiger charge is 2.18. The first-order chi connectivity index (χ1) is 11.7. The summed E-state index contributed by atoms with van der Waals surface area (Å²) in [4.78, 5) is 0.213. The number of fused-ring (bicyclic) bond motifs is 1. The van der Waals surface area contributed by atoms with Gasteiger partial charge in [0.1, 0.15) is 0 Å². The Kier molecular flexibility index (Phi) is 4.86. The van der Waals surface area contributed by atoms with Crippen LogP contribution >= 0.6 is 0 Å². The molecule has 0 aromatic heterocycles. The van der Waals surface area contributed by atoms with E-state index in [2.05, 4.69) is 4.72 Å². The normalized spacial score (nSPS) is 14.8. The van der Waals surface area contributed by atoms with Gasteiger partial charge in [-0.2, -0.15) is 0 Å². The molecule has 2 aromatic carbocycles. The topological polar surface area (TPSA) is 106 Å². The summed E-state index contributed by atoms with van der Waals surface area (Å²) >= 11 is 0. The van der Waals surface area contributed by atoms with E-state index in [4.69, 9.17) is 5.14 Å². The Morgan fingerprint density at radius 2 is 1.64 bits per heavy atom. The zero-order valence-corrected chi connectivity index (χ0v) is 15.2. The maximum atomic E-state index is 12.6. The van der Waals surface area contributed by atoms with Crippen LogP contribution in [-0.4, -0.2) is 16.8 Å². The Hall–Kier alpha value is -1.90. The number of aryl methyl sites for hydroxylation is 2. The lowest BCUT2D eigenvalue weighted by Crippen LogP contribution is -2.16. The Bertz CT molecular complexity index is 999. The Morgan fingerprint density at radius 1 is 0.920 bits per heavy atom. The lowest BCUT2D eigenvalue weighted by Gasteiger charge is -2.17. The van der Waals surface area contributed by atoms with E-state index in [9.17, 15) is 16.8 Å². The molecule has 25 heavy (non-hydrogen) atoms. The van der Waals surface area contributed by atoms with Gasteiger partial charge in [-0.1, -0.05) is 18.2 Å². The zero-order chi connectivity index (χ0) is 18.1. The molecule has 0 unspecified atom stereocenters. The number of benzene rings is 2. The number of anilines is 1. The van der Waals surface area contributed by atoms with Gasteiger partial charge in [-0.15, -0.1) is 0 Å². The van der Waals surface area contributed by atoms with Crippen molar-refractivity contribution in [2.24, 2.45) is 5.14 Å². The van der Waals surface area contributed by atoms with Crippen LogP contribution in [0.1, 0.15) is 29.5 Å². The molecule has 6 nitrogen and oxygen atoms in total. The van der Waals surface area contributed by atoms with Crippen LogP contribution in [0.15, 0.2) is 47.4 Å². The SMILES string of the molecule is NS(=O)(=O)Cc1cccc(NS(=O)(=O)c2ccc3c(c2)CCCC3)c1. The molecule has 1 aliphatic carbocycles. The minimum atomic E-state index is -3.74. The highest BCUT2D eigenvalue weighted by atomic mass is 32.2. The molecule has 0 saturated heterocycles. The number of hydrogen-bond donors (Lipinski definition) is 2. The van der Waals surface area contributed by atoms with Gasteiger partial charge in [0, 0.05) is 5.69 Å². The molecule has 1 aliphatic rings. The Labute approximate surface area is 148 Å². The van der Waals surface area contributed by atoms with Gasteiger partial charge in [-0.25, -0.2) is 22.0 Å². The van der Waals surface area contributed by atoms with Crippen LogP contribution in [0.25, 0.3) is 0 Å². The summed E-state index contributed by atoms with van der Waals surface area (Å²) in [6, 6.07) is 11.4. The third-order valence-electron chi connectivity index (χ3n) is 4.18. The summed E-state index contributed by atoms with van der Waals surface area (Å²) in [5, 5.41) is 5.03. The summed E-state index contributed by atoms with van der Waals surface area (Å²) in [7, 11) is -7.42. The maximum absolute atomic E-state index is 12.6. The average Bonchev–Trinajstić information content (AvgIpc) is 2.52. The van der Waals surface area contributed by atoms with Crippen molar-refractivity contribution >= 4 is 25.7 Å². The number of rotatable bonds is 5. The van der Waals surface area contributed by atoms with E-state index in [0.717, 1.165) is 31.2 Å². The lowest BCUT2D eigenvalue weighted by atomic mass is 9.92. The third-order valence-corrected chi connectivity index (χ3v) is 6.29. The number of hydrogen-bond acceptors (Lipinski definition) is 4. The molecule has 0 saturated carbocycles. The first kappa shape index (κ1) is 17.9. The first-order valence-corrected chi connectivity index (χ1v) is 11.2. The van der Waals surface area contributed by atoms with Gasteiger partial charge in [-0.3, -0.25) is 4.72 Å². The van der Waals surface area contributed by atoms with E-state index >= 15 is 0 Å². The predicted octanol–water partition coefficient (Wildman–Crippen LogP) is 2.15. The highest BCUT2D eigenvalue weighted by Crippen LogP contribution is 2.25. The monoisotopic (exact) mass is 380 g/mol. The molecule has 0 heterocycles. The molecule has 134 valence electrons. The first-order valence-electron chi connectivity index (χ1n) is 7.97. The van der Waals surface area contributed by atoms with Gasteiger partial charge in [0.2, 0.25) is 10.0 Å². The van der Waals surface area contributed by atoms with E-state index in [-0.39, 0.29) is 10.6 Å². The van der Waals surface area contributed by atoms with E-state index in [1.807, 2.05) is 6.07 Å². The molecule has 3 rings (SSSR count). The van der Waals surface area contributed by atoms with E-state index in [1.54, 1.807) is 30.3 Å². The van der Waals surface area contributed by atoms with Crippen LogP contribution < -0.4 is 9.86 Å². The van der Waals surface area contributed by atoms with Gasteiger partial charge in [0.25, 0.3) is 10.0 Å². The summed E-state index contributed by atoms with van der Waals surface area (Å²) in [6.45, 7) is 0. The van der Waals surface area contributed by atoms with Gasteiger partial charge in [0.15, 0.2) is 0 Å². The zero-order valence-electron chi connectivity index (χ0n) is 13.6. The smallest absolute Gasteiger partial charge is 0.261 e. The number of nitrogens with two attached hydrogens (primary N) is 1. The Morgan fingerprint density at radius 3 is 2.36 bits per heavy atom. The van der Waals surface area contributed by atoms with Gasteiger partial charge in [0.05, 0.1) is 10.6 Å². The molecular weight excluding hydrogens is 360 g/mol. The second-order valence-electron chi connectivity index (χ2n) is 6.25. The second-order valence-corrected chi connectivity index (χ2v) is 9.55. The van der Waals surface area contributed by atoms with Gasteiger partial charge < -0.3 is 0 Å². The fourth-order valence-electron chi connectivity index (χ4n) is 3.05. The predicted molar refractivity (Wildman–Crippen MR) is 97.1 cm³/mol. The van der Waals surface area contributed by atoms with Crippen LogP contribution in [0, 0.1) is 0 Å². The van der Waals surface area contributed by atoms with Crippen molar-refractivity contribution in [1.82, 2.24) is 0 Å². The minimum absolute atomic E-state index is 0.213. The summed E-state index contributed by atoms with van der Waals surface area (Å²) in [5.74, 6) is -0.346. The third kappa shape index (κ3) is 4.59. The van der Waals surface area contributed by atoms with Crippen molar-refractivity contribution in [2.75, 3.05) is 4.72 Å². The maximum Gasteiger partial charge on any atom is 0.261 e. The molecule has 2 aromatic rings. The summed E-state index contributed by atoms with van der Waals surface area (Å²) < 4.78 is 50.2. The van der Waals surface area contributed by atoms with Crippen molar-refractivity contribution in [3.05, 3.63) is 59.2 Å². The van der Waals surface area contributed by atoms with Crippen LogP contribution in [0.3, 0.4) is 0 Å². The molecule has 0 bridgehead atoms. The fourth-order valence-corrected chi connectivity index (χ4v) is 4.79. The van der Waals surface area contributed by atoms with E-state index in [1.165, 1.54) is 11.6 Å². The largest absolute Gasteiger partial charge is 0.280 e. The van der Waals surface area contributed by atoms with Crippen molar-refractivity contribution in [2.45, 2.75) is 36.3 Å². The summed E-state index contributed by atoms with van der Waals surface area (Å²) in [5.41, 5.74) is 3.02. The molecule has 3 N–H and O–H groups in total. The van der Waals surface area contributed by atoms with Crippen LogP contribution in [0.4, 0.5) is 5.69 Å². The van der Waals surface area contributed by atoms with Crippen LogP contribution in [0.5, 0.6) is 0 Å². The lowest BCUT2D eigenvalue weighted by molar-refractivity contribution is 0.596. The molecule has 0 atom stereocenters. The van der Waals surface area contributed by atoms with Crippen molar-refractivity contribution in [1.29, 1.82) is 0 Å². The number of primary sulfonamides is 1. The summed E-state index contributed by atoms with van der Waals surface area (Å²) in [6.07, 6.45) is 4.08. The highest BCUT2D eigenvalue weighted by molar-refractivity contribution is 7.92. The number of nitrogens with one attached hydrogen (secondary N) is 1. The van der Waals surface area contributed by atoms with Crippen LogP contribution in [0.2, 0.25) is 0 Å². The Balaban J connectivity index is 1.85. The molecule has 0 aliphatic heterocycles. The molecule has 8 heteroatoms. The molecule has 0 radical (unpaired) electrons. The van der Waals surface area contributed by atoms with Crippen molar-refractivity contribution < 1.29 is 16.8 Å². The quantitative estimate of drug-likeness (QED) is 0.829. The molecule has 0 fully saturated rings. The molecular formula is C17H20N2O4S2.